The number of benzene rings is 1. The van der Waals surface area contributed by atoms with Crippen molar-refractivity contribution >= 4 is 11.8 Å². The quantitative estimate of drug-likeness (QED) is 0.359. The van der Waals surface area contributed by atoms with E-state index in [9.17, 15) is 19.2 Å². The third kappa shape index (κ3) is 3.66. The number of aromatic nitrogens is 4. The van der Waals surface area contributed by atoms with Crippen LogP contribution in [0, 0.1) is 13.8 Å². The standard InChI is InChI=1S/C20H20N4O5/c1-12-17(13(2)24(21-12)14-8-6-5-7-9-14)18(26)19(27)29-11-15-10-16(25)23(4)20(28)22(15)3/h5-10H,11H2,1-4H3. The fourth-order valence-corrected chi connectivity index (χ4v) is 3.02. The van der Waals surface area contributed by atoms with E-state index in [0.717, 1.165) is 10.3 Å². The Labute approximate surface area is 165 Å². The smallest absolute Gasteiger partial charge is 0.380 e. The van der Waals surface area contributed by atoms with Crippen LogP contribution in [0.15, 0.2) is 46.0 Å². The monoisotopic (exact) mass is 396 g/mol. The molecule has 29 heavy (non-hydrogen) atoms. The zero-order chi connectivity index (χ0) is 21.3. The van der Waals surface area contributed by atoms with Gasteiger partial charge in [0, 0.05) is 20.2 Å². The summed E-state index contributed by atoms with van der Waals surface area (Å²) in [5, 5.41) is 4.35. The van der Waals surface area contributed by atoms with E-state index in [4.69, 9.17) is 4.74 Å². The molecular weight excluding hydrogens is 376 g/mol. The second-order valence-corrected chi connectivity index (χ2v) is 6.57. The molecule has 9 nitrogen and oxygen atoms in total. The van der Waals surface area contributed by atoms with Gasteiger partial charge in [-0.1, -0.05) is 18.2 Å². The highest BCUT2D eigenvalue weighted by molar-refractivity contribution is 6.41. The van der Waals surface area contributed by atoms with Gasteiger partial charge in [0.1, 0.15) is 6.61 Å². The number of aryl methyl sites for hydroxylation is 1. The first-order chi connectivity index (χ1) is 13.7. The molecule has 0 atom stereocenters. The summed E-state index contributed by atoms with van der Waals surface area (Å²) in [7, 11) is 2.80. The average molecular weight is 396 g/mol. The van der Waals surface area contributed by atoms with Crippen LogP contribution in [0.5, 0.6) is 0 Å². The van der Waals surface area contributed by atoms with Gasteiger partial charge in [0.15, 0.2) is 0 Å². The summed E-state index contributed by atoms with van der Waals surface area (Å²) in [6, 6.07) is 10.4. The van der Waals surface area contributed by atoms with Crippen molar-refractivity contribution in [2.45, 2.75) is 20.5 Å². The van der Waals surface area contributed by atoms with Gasteiger partial charge in [0.25, 0.3) is 11.3 Å². The van der Waals surface area contributed by atoms with Gasteiger partial charge < -0.3 is 4.74 Å². The zero-order valence-electron chi connectivity index (χ0n) is 16.5. The van der Waals surface area contributed by atoms with Crippen molar-refractivity contribution < 1.29 is 14.3 Å². The Morgan fingerprint density at radius 3 is 2.34 bits per heavy atom. The molecule has 0 aliphatic heterocycles. The molecule has 3 rings (SSSR count). The summed E-state index contributed by atoms with van der Waals surface area (Å²) in [6.07, 6.45) is 0. The lowest BCUT2D eigenvalue weighted by Crippen LogP contribution is -2.38. The van der Waals surface area contributed by atoms with Crippen LogP contribution in [-0.4, -0.2) is 30.7 Å². The maximum Gasteiger partial charge on any atom is 0.380 e. The minimum atomic E-state index is -1.09. The molecular formula is C20H20N4O5. The Hall–Kier alpha value is -3.75. The molecule has 0 aliphatic carbocycles. The molecule has 0 aliphatic rings. The molecule has 0 amide bonds. The molecule has 2 heterocycles. The highest BCUT2D eigenvalue weighted by Crippen LogP contribution is 2.19. The Morgan fingerprint density at radius 2 is 1.69 bits per heavy atom. The summed E-state index contributed by atoms with van der Waals surface area (Å²) in [4.78, 5) is 48.7. The summed E-state index contributed by atoms with van der Waals surface area (Å²) in [5.74, 6) is -1.92. The SMILES string of the molecule is Cc1nn(-c2ccccc2)c(C)c1C(=O)C(=O)OCc1cc(=O)n(C)c(=O)n1C. The Morgan fingerprint density at radius 1 is 1.03 bits per heavy atom. The van der Waals surface area contributed by atoms with Gasteiger partial charge in [-0.25, -0.2) is 14.3 Å². The normalized spacial score (nSPS) is 10.8. The summed E-state index contributed by atoms with van der Waals surface area (Å²) in [5.41, 5.74) is 0.943. The molecule has 0 N–H and O–H groups in total. The van der Waals surface area contributed by atoms with Crippen LogP contribution in [0.2, 0.25) is 0 Å². The van der Waals surface area contributed by atoms with E-state index < -0.39 is 23.0 Å². The fourth-order valence-electron chi connectivity index (χ4n) is 3.02. The Kier molecular flexibility index (Phi) is 5.31. The van der Waals surface area contributed by atoms with Crippen molar-refractivity contribution in [2.24, 2.45) is 14.1 Å². The van der Waals surface area contributed by atoms with Gasteiger partial charge in [-0.3, -0.25) is 18.7 Å². The van der Waals surface area contributed by atoms with Gasteiger partial charge in [0.2, 0.25) is 0 Å². The van der Waals surface area contributed by atoms with Crippen LogP contribution in [0.4, 0.5) is 0 Å². The van der Waals surface area contributed by atoms with E-state index in [1.54, 1.807) is 18.5 Å². The summed E-state index contributed by atoms with van der Waals surface area (Å²) < 4.78 is 8.77. The molecule has 2 aromatic heterocycles. The lowest BCUT2D eigenvalue weighted by Gasteiger charge is -2.10. The van der Waals surface area contributed by atoms with E-state index in [1.165, 1.54) is 24.7 Å². The molecule has 0 bridgehead atoms. The summed E-state index contributed by atoms with van der Waals surface area (Å²) in [6.45, 7) is 2.95. The highest BCUT2D eigenvalue weighted by Gasteiger charge is 2.26. The second kappa shape index (κ2) is 7.70. The second-order valence-electron chi connectivity index (χ2n) is 6.57. The molecule has 0 saturated carbocycles. The first-order valence-corrected chi connectivity index (χ1v) is 8.81. The highest BCUT2D eigenvalue weighted by atomic mass is 16.5. The number of esters is 1. The number of ether oxygens (including phenoxy) is 1. The predicted molar refractivity (Wildman–Crippen MR) is 104 cm³/mol. The number of rotatable bonds is 5. The number of para-hydroxylation sites is 1. The third-order valence-electron chi connectivity index (χ3n) is 4.68. The van der Waals surface area contributed by atoms with E-state index in [-0.39, 0.29) is 17.9 Å². The molecule has 9 heteroatoms. The molecule has 0 saturated heterocycles. The Bertz CT molecular complexity index is 1220. The molecule has 1 aromatic carbocycles. The minimum Gasteiger partial charge on any atom is -0.453 e. The van der Waals surface area contributed by atoms with Crippen molar-refractivity contribution in [3.05, 3.63) is 79.9 Å². The number of carbonyl (C=O) groups excluding carboxylic acids is 2. The van der Waals surface area contributed by atoms with Crippen molar-refractivity contribution in [3.8, 4) is 5.69 Å². The van der Waals surface area contributed by atoms with Crippen LogP contribution in [0.25, 0.3) is 5.69 Å². The molecule has 0 radical (unpaired) electrons. The molecule has 0 fully saturated rings. The van der Waals surface area contributed by atoms with Crippen molar-refractivity contribution in [1.82, 2.24) is 18.9 Å². The number of hydrogen-bond donors (Lipinski definition) is 0. The maximum absolute atomic E-state index is 12.7. The lowest BCUT2D eigenvalue weighted by atomic mass is 10.1. The first kappa shape index (κ1) is 20.0. The maximum atomic E-state index is 12.7. The molecule has 3 aromatic rings. The van der Waals surface area contributed by atoms with E-state index in [2.05, 4.69) is 5.10 Å². The fraction of sp³-hybridized carbons (Fsp3) is 0.250. The topological polar surface area (TPSA) is 105 Å². The Balaban J connectivity index is 1.84. The molecule has 0 spiro atoms. The number of carbonyl (C=O) groups is 2. The third-order valence-corrected chi connectivity index (χ3v) is 4.68. The van der Waals surface area contributed by atoms with Crippen molar-refractivity contribution in [2.75, 3.05) is 0 Å². The first-order valence-electron chi connectivity index (χ1n) is 8.81. The van der Waals surface area contributed by atoms with E-state index in [0.29, 0.717) is 11.4 Å². The number of Topliss-reactive ketones (excluding diaryl/α,β-unsaturated/α-hetero) is 1. The van der Waals surface area contributed by atoms with Gasteiger partial charge >= 0.3 is 11.7 Å². The molecule has 0 unspecified atom stereocenters. The van der Waals surface area contributed by atoms with Crippen molar-refractivity contribution in [1.29, 1.82) is 0 Å². The van der Waals surface area contributed by atoms with Gasteiger partial charge in [0.05, 0.1) is 28.3 Å². The van der Waals surface area contributed by atoms with Gasteiger partial charge in [-0.05, 0) is 26.0 Å². The zero-order valence-corrected chi connectivity index (χ0v) is 16.5. The minimum absolute atomic E-state index is 0.164. The average Bonchev–Trinajstić information content (AvgIpc) is 3.02. The molecule has 150 valence electrons. The number of ketones is 1. The number of nitrogens with zero attached hydrogens (tertiary/aromatic N) is 4. The number of hydrogen-bond acceptors (Lipinski definition) is 6. The van der Waals surface area contributed by atoms with Crippen LogP contribution >= 0.6 is 0 Å². The van der Waals surface area contributed by atoms with Gasteiger partial charge in [-0.15, -0.1) is 0 Å². The van der Waals surface area contributed by atoms with Gasteiger partial charge in [-0.2, -0.15) is 5.10 Å². The van der Waals surface area contributed by atoms with Crippen LogP contribution in [-0.2, 0) is 30.2 Å². The van der Waals surface area contributed by atoms with Crippen LogP contribution in [0.1, 0.15) is 27.4 Å². The van der Waals surface area contributed by atoms with E-state index in [1.807, 2.05) is 30.3 Å². The van der Waals surface area contributed by atoms with E-state index >= 15 is 0 Å². The van der Waals surface area contributed by atoms with Crippen LogP contribution < -0.4 is 11.2 Å². The summed E-state index contributed by atoms with van der Waals surface area (Å²) >= 11 is 0. The van der Waals surface area contributed by atoms with Crippen molar-refractivity contribution in [3.63, 3.8) is 0 Å². The lowest BCUT2D eigenvalue weighted by molar-refractivity contribution is -0.139. The predicted octanol–water partition coefficient (Wildman–Crippen LogP) is 0.813. The largest absolute Gasteiger partial charge is 0.453 e. The van der Waals surface area contributed by atoms with Crippen LogP contribution in [0.3, 0.4) is 0 Å².